The molecule has 1 fully saturated rings. The predicted molar refractivity (Wildman–Crippen MR) is 69.8 cm³/mol. The minimum atomic E-state index is 0.354. The summed E-state index contributed by atoms with van der Waals surface area (Å²) in [5, 5.41) is 12.5. The van der Waals surface area contributed by atoms with Crippen LogP contribution in [-0.4, -0.2) is 25.9 Å². The third-order valence-electron chi connectivity index (χ3n) is 3.21. The van der Waals surface area contributed by atoms with Gasteiger partial charge < -0.3 is 14.8 Å². The first-order valence-corrected chi connectivity index (χ1v) is 6.23. The van der Waals surface area contributed by atoms with Gasteiger partial charge in [0.2, 0.25) is 0 Å². The van der Waals surface area contributed by atoms with Gasteiger partial charge in [-0.15, -0.1) is 0 Å². The molecule has 0 heterocycles. The number of hydrogen-bond donors (Lipinski definition) is 1. The second kappa shape index (κ2) is 5.74. The molecule has 0 aliphatic heterocycles. The van der Waals surface area contributed by atoms with Crippen molar-refractivity contribution >= 4 is 5.69 Å². The number of methoxy groups -OCH3 is 1. The number of ether oxygens (including phenoxy) is 2. The Hall–Kier alpha value is -1.73. The third-order valence-corrected chi connectivity index (χ3v) is 3.21. The van der Waals surface area contributed by atoms with Crippen LogP contribution in [-0.2, 0) is 4.74 Å². The zero-order valence-electron chi connectivity index (χ0n) is 10.8. The maximum absolute atomic E-state index is 9.11. The fourth-order valence-electron chi connectivity index (χ4n) is 2.20. The molecule has 0 bridgehead atoms. The molecule has 0 unspecified atom stereocenters. The number of hydrogen-bond acceptors (Lipinski definition) is 4. The van der Waals surface area contributed by atoms with Gasteiger partial charge in [-0.3, -0.25) is 0 Å². The van der Waals surface area contributed by atoms with Crippen LogP contribution in [0.3, 0.4) is 0 Å². The molecule has 0 aromatic heterocycles. The van der Waals surface area contributed by atoms with E-state index in [0.29, 0.717) is 23.5 Å². The van der Waals surface area contributed by atoms with Crippen LogP contribution < -0.4 is 10.1 Å². The van der Waals surface area contributed by atoms with Gasteiger partial charge in [0.1, 0.15) is 11.8 Å². The molecule has 1 aliphatic carbocycles. The van der Waals surface area contributed by atoms with Crippen LogP contribution in [0.4, 0.5) is 5.69 Å². The van der Waals surface area contributed by atoms with Gasteiger partial charge in [0.15, 0.2) is 0 Å². The lowest BCUT2D eigenvalue weighted by atomic mass is 9.88. The average Bonchev–Trinajstić information content (AvgIpc) is 2.36. The fourth-order valence-corrected chi connectivity index (χ4v) is 2.20. The second-order valence-corrected chi connectivity index (χ2v) is 4.38. The molecule has 0 spiro atoms. The number of nitriles is 1. The van der Waals surface area contributed by atoms with Gasteiger partial charge in [-0.1, -0.05) is 6.07 Å². The fraction of sp³-hybridized carbons (Fsp3) is 0.500. The highest BCUT2D eigenvalue weighted by atomic mass is 16.5. The van der Waals surface area contributed by atoms with Crippen LogP contribution in [0.2, 0.25) is 0 Å². The Morgan fingerprint density at radius 1 is 1.44 bits per heavy atom. The lowest BCUT2D eigenvalue weighted by Gasteiger charge is -2.36. The van der Waals surface area contributed by atoms with E-state index in [4.69, 9.17) is 14.7 Å². The number of nitrogens with one attached hydrogen (secondary N) is 1. The standard InChI is InChI=1S/C14H18N2O2/c1-3-18-12-7-11(8-12)16-14-10(9-15)5-4-6-13(14)17-2/h4-6,11-12,16H,3,7-8H2,1-2H3. The topological polar surface area (TPSA) is 54.3 Å². The summed E-state index contributed by atoms with van der Waals surface area (Å²) in [6.45, 7) is 2.77. The average molecular weight is 246 g/mol. The van der Waals surface area contributed by atoms with E-state index in [9.17, 15) is 0 Å². The Kier molecular flexibility index (Phi) is 4.06. The van der Waals surface area contributed by atoms with Crippen molar-refractivity contribution in [1.82, 2.24) is 0 Å². The molecule has 1 saturated carbocycles. The summed E-state index contributed by atoms with van der Waals surface area (Å²) in [6.07, 6.45) is 2.32. The van der Waals surface area contributed by atoms with E-state index < -0.39 is 0 Å². The minimum absolute atomic E-state index is 0.354. The quantitative estimate of drug-likeness (QED) is 0.867. The normalized spacial score (nSPS) is 21.8. The van der Waals surface area contributed by atoms with Crippen molar-refractivity contribution < 1.29 is 9.47 Å². The minimum Gasteiger partial charge on any atom is -0.495 e. The van der Waals surface area contributed by atoms with Crippen molar-refractivity contribution in [2.75, 3.05) is 19.0 Å². The van der Waals surface area contributed by atoms with Crippen molar-refractivity contribution in [3.63, 3.8) is 0 Å². The first-order chi connectivity index (χ1) is 8.78. The molecule has 4 heteroatoms. The highest BCUT2D eigenvalue weighted by Crippen LogP contribution is 2.33. The van der Waals surface area contributed by atoms with Crippen LogP contribution in [0.5, 0.6) is 5.75 Å². The summed E-state index contributed by atoms with van der Waals surface area (Å²) < 4.78 is 10.8. The van der Waals surface area contributed by atoms with Gasteiger partial charge in [0.05, 0.1) is 24.5 Å². The van der Waals surface area contributed by atoms with E-state index in [0.717, 1.165) is 25.1 Å². The zero-order valence-corrected chi connectivity index (χ0v) is 10.8. The monoisotopic (exact) mass is 246 g/mol. The van der Waals surface area contributed by atoms with Crippen molar-refractivity contribution in [2.24, 2.45) is 0 Å². The molecule has 0 amide bonds. The van der Waals surface area contributed by atoms with Gasteiger partial charge in [-0.25, -0.2) is 0 Å². The Balaban J connectivity index is 2.04. The second-order valence-electron chi connectivity index (χ2n) is 4.38. The Morgan fingerprint density at radius 2 is 2.22 bits per heavy atom. The third kappa shape index (κ3) is 2.57. The lowest BCUT2D eigenvalue weighted by Crippen LogP contribution is -2.41. The van der Waals surface area contributed by atoms with Crippen molar-refractivity contribution in [2.45, 2.75) is 31.9 Å². The van der Waals surface area contributed by atoms with Gasteiger partial charge in [0.25, 0.3) is 0 Å². The van der Waals surface area contributed by atoms with Crippen LogP contribution in [0.1, 0.15) is 25.3 Å². The molecule has 1 aromatic carbocycles. The molecule has 4 nitrogen and oxygen atoms in total. The van der Waals surface area contributed by atoms with E-state index in [2.05, 4.69) is 11.4 Å². The Labute approximate surface area is 108 Å². The van der Waals surface area contributed by atoms with E-state index in [1.165, 1.54) is 0 Å². The van der Waals surface area contributed by atoms with Crippen molar-refractivity contribution in [3.8, 4) is 11.8 Å². The highest BCUT2D eigenvalue weighted by molar-refractivity contribution is 5.66. The van der Waals surface area contributed by atoms with E-state index in [1.807, 2.05) is 19.1 Å². The molecule has 0 atom stereocenters. The summed E-state index contributed by atoms with van der Waals surface area (Å²) in [4.78, 5) is 0. The maximum atomic E-state index is 9.11. The lowest BCUT2D eigenvalue weighted by molar-refractivity contribution is 0.00295. The summed E-state index contributed by atoms with van der Waals surface area (Å²) in [6, 6.07) is 8.04. The predicted octanol–water partition coefficient (Wildman–Crippen LogP) is 2.55. The molecule has 18 heavy (non-hydrogen) atoms. The Bertz CT molecular complexity index is 448. The summed E-state index contributed by atoms with van der Waals surface area (Å²) in [7, 11) is 1.62. The van der Waals surface area contributed by atoms with Crippen LogP contribution in [0, 0.1) is 11.3 Å². The number of anilines is 1. The maximum Gasteiger partial charge on any atom is 0.143 e. The van der Waals surface area contributed by atoms with E-state index in [-0.39, 0.29) is 0 Å². The molecular formula is C14H18N2O2. The first-order valence-electron chi connectivity index (χ1n) is 6.23. The molecule has 2 rings (SSSR count). The van der Waals surface area contributed by atoms with E-state index >= 15 is 0 Å². The molecule has 1 N–H and O–H groups in total. The van der Waals surface area contributed by atoms with Crippen LogP contribution in [0.25, 0.3) is 0 Å². The first kappa shape index (κ1) is 12.7. The van der Waals surface area contributed by atoms with E-state index in [1.54, 1.807) is 13.2 Å². The molecule has 96 valence electrons. The van der Waals surface area contributed by atoms with Crippen molar-refractivity contribution in [3.05, 3.63) is 23.8 Å². The van der Waals surface area contributed by atoms with Crippen LogP contribution in [0.15, 0.2) is 18.2 Å². The Morgan fingerprint density at radius 3 is 2.83 bits per heavy atom. The van der Waals surface area contributed by atoms with Crippen molar-refractivity contribution in [1.29, 1.82) is 5.26 Å². The smallest absolute Gasteiger partial charge is 0.143 e. The van der Waals surface area contributed by atoms with Gasteiger partial charge in [0, 0.05) is 12.6 Å². The molecule has 0 saturated heterocycles. The largest absolute Gasteiger partial charge is 0.495 e. The molecular weight excluding hydrogens is 228 g/mol. The molecule has 1 aliphatic rings. The molecule has 1 aromatic rings. The summed E-state index contributed by atoms with van der Waals surface area (Å²) in [5.41, 5.74) is 1.41. The van der Waals surface area contributed by atoms with Gasteiger partial charge in [-0.05, 0) is 31.9 Å². The molecule has 0 radical (unpaired) electrons. The summed E-state index contributed by atoms with van der Waals surface area (Å²) >= 11 is 0. The van der Waals surface area contributed by atoms with Gasteiger partial charge >= 0.3 is 0 Å². The number of nitrogens with zero attached hydrogens (tertiary/aromatic N) is 1. The number of benzene rings is 1. The van der Waals surface area contributed by atoms with Gasteiger partial charge in [-0.2, -0.15) is 5.26 Å². The zero-order chi connectivity index (χ0) is 13.0. The van der Waals surface area contributed by atoms with Crippen LogP contribution >= 0.6 is 0 Å². The highest BCUT2D eigenvalue weighted by Gasteiger charge is 2.30. The SMILES string of the molecule is CCOC1CC(Nc2c(C#N)cccc2OC)C1. The summed E-state index contributed by atoms with van der Waals surface area (Å²) in [5.74, 6) is 0.717. The number of para-hydroxylation sites is 1. The number of rotatable bonds is 5.